The molecule has 0 aliphatic rings. The first-order valence-electron chi connectivity index (χ1n) is 6.13. The van der Waals surface area contributed by atoms with Crippen molar-refractivity contribution in [2.45, 2.75) is 18.7 Å². The van der Waals surface area contributed by atoms with Gasteiger partial charge >= 0.3 is 5.97 Å². The fourth-order valence-electron chi connectivity index (χ4n) is 1.62. The Balaban J connectivity index is 1.85. The highest BCUT2D eigenvalue weighted by molar-refractivity contribution is 7.98. The van der Waals surface area contributed by atoms with Crippen LogP contribution in [0.4, 0.5) is 0 Å². The molecular weight excluding hydrogens is 296 g/mol. The van der Waals surface area contributed by atoms with Crippen LogP contribution in [0.25, 0.3) is 11.5 Å². The number of hydrogen-bond donors (Lipinski definition) is 2. The van der Waals surface area contributed by atoms with E-state index in [0.717, 1.165) is 0 Å². The monoisotopic (exact) mass is 310 g/mol. The highest BCUT2D eigenvalue weighted by Crippen LogP contribution is 2.22. The smallest absolute Gasteiger partial charge is 0.327 e. The summed E-state index contributed by atoms with van der Waals surface area (Å²) >= 11 is 1.35. The largest absolute Gasteiger partial charge is 0.480 e. The van der Waals surface area contributed by atoms with E-state index in [1.807, 2.05) is 0 Å². The maximum Gasteiger partial charge on any atom is 0.327 e. The van der Waals surface area contributed by atoms with Crippen LogP contribution in [0.5, 0.6) is 0 Å². The first-order chi connectivity index (χ1) is 10.1. The van der Waals surface area contributed by atoms with Crippen molar-refractivity contribution in [3.8, 4) is 11.5 Å². The van der Waals surface area contributed by atoms with Crippen LogP contribution in [0.2, 0.25) is 0 Å². The van der Waals surface area contributed by atoms with E-state index in [0.29, 0.717) is 23.0 Å². The molecule has 0 radical (unpaired) electrons. The number of thioether (sulfide) groups is 1. The number of carbonyl (C=O) groups is 2. The number of carboxylic acids is 1. The van der Waals surface area contributed by atoms with E-state index in [4.69, 9.17) is 14.0 Å². The van der Waals surface area contributed by atoms with E-state index in [1.54, 1.807) is 18.2 Å². The summed E-state index contributed by atoms with van der Waals surface area (Å²) in [4.78, 5) is 21.9. The highest BCUT2D eigenvalue weighted by Gasteiger charge is 2.18. The molecule has 0 fully saturated rings. The average Bonchev–Trinajstić information content (AvgIpc) is 3.07. The standard InChI is InChI=1S/C13H14N2O5S/c1-8(16)14-10(13(17)18)7-21-6-9-5-12(20-15-9)11-3-2-4-19-11/h2-5,10H,6-7H2,1H3,(H,14,16)(H,17,18)/t10-/m0/s1. The van der Waals surface area contributed by atoms with Crippen molar-refractivity contribution in [1.29, 1.82) is 0 Å². The lowest BCUT2D eigenvalue weighted by atomic mass is 10.3. The molecule has 0 aromatic carbocycles. The molecule has 0 spiro atoms. The van der Waals surface area contributed by atoms with Crippen LogP contribution in [0, 0.1) is 0 Å². The summed E-state index contributed by atoms with van der Waals surface area (Å²) in [5, 5.41) is 15.2. The van der Waals surface area contributed by atoms with Gasteiger partial charge in [-0.3, -0.25) is 4.79 Å². The molecule has 2 aromatic heterocycles. The van der Waals surface area contributed by atoms with Gasteiger partial charge in [-0.05, 0) is 12.1 Å². The van der Waals surface area contributed by atoms with Crippen LogP contribution in [-0.4, -0.2) is 33.9 Å². The van der Waals surface area contributed by atoms with Gasteiger partial charge in [0.1, 0.15) is 6.04 Å². The van der Waals surface area contributed by atoms with Crippen LogP contribution in [0.3, 0.4) is 0 Å². The summed E-state index contributed by atoms with van der Waals surface area (Å²) in [6.45, 7) is 1.29. The third-order valence-corrected chi connectivity index (χ3v) is 3.60. The predicted octanol–water partition coefficient (Wildman–Crippen LogP) is 1.76. The zero-order chi connectivity index (χ0) is 15.2. The van der Waals surface area contributed by atoms with Crippen molar-refractivity contribution in [3.05, 3.63) is 30.2 Å². The van der Waals surface area contributed by atoms with Gasteiger partial charge in [0.05, 0.1) is 12.0 Å². The molecule has 0 saturated heterocycles. The number of nitrogens with one attached hydrogen (secondary N) is 1. The minimum absolute atomic E-state index is 0.248. The Labute approximate surface area is 124 Å². The lowest BCUT2D eigenvalue weighted by molar-refractivity contribution is -0.140. The van der Waals surface area contributed by atoms with Gasteiger partial charge < -0.3 is 19.4 Å². The van der Waals surface area contributed by atoms with Gasteiger partial charge in [0.2, 0.25) is 11.7 Å². The van der Waals surface area contributed by atoms with Crippen molar-refractivity contribution in [3.63, 3.8) is 0 Å². The van der Waals surface area contributed by atoms with Gasteiger partial charge in [-0.25, -0.2) is 4.79 Å². The third-order valence-electron chi connectivity index (χ3n) is 2.53. The Hall–Kier alpha value is -2.22. The first kappa shape index (κ1) is 15.2. The van der Waals surface area contributed by atoms with E-state index >= 15 is 0 Å². The number of nitrogens with zero attached hydrogens (tertiary/aromatic N) is 1. The molecule has 1 atom stereocenters. The molecular formula is C13H14N2O5S. The van der Waals surface area contributed by atoms with Crippen LogP contribution >= 0.6 is 11.8 Å². The van der Waals surface area contributed by atoms with Crippen LogP contribution in [-0.2, 0) is 15.3 Å². The van der Waals surface area contributed by atoms with Crippen molar-refractivity contribution in [2.75, 3.05) is 5.75 Å². The van der Waals surface area contributed by atoms with Crippen molar-refractivity contribution >= 4 is 23.6 Å². The number of rotatable bonds is 7. The minimum atomic E-state index is -1.06. The van der Waals surface area contributed by atoms with E-state index in [1.165, 1.54) is 24.9 Å². The number of hydrogen-bond acceptors (Lipinski definition) is 6. The van der Waals surface area contributed by atoms with Gasteiger partial charge in [-0.1, -0.05) is 5.16 Å². The Morgan fingerprint density at radius 3 is 2.90 bits per heavy atom. The van der Waals surface area contributed by atoms with Crippen molar-refractivity contribution < 1.29 is 23.6 Å². The quantitative estimate of drug-likeness (QED) is 0.802. The average molecular weight is 310 g/mol. The number of aromatic nitrogens is 1. The third kappa shape index (κ3) is 4.38. The molecule has 0 saturated carbocycles. The molecule has 21 heavy (non-hydrogen) atoms. The first-order valence-corrected chi connectivity index (χ1v) is 7.29. The molecule has 2 N–H and O–H groups in total. The Morgan fingerprint density at radius 2 is 2.29 bits per heavy atom. The number of aliphatic carboxylic acids is 1. The zero-order valence-corrected chi connectivity index (χ0v) is 12.1. The molecule has 2 heterocycles. The second kappa shape index (κ2) is 6.98. The SMILES string of the molecule is CC(=O)N[C@@H](CSCc1cc(-c2ccco2)on1)C(=O)O. The van der Waals surface area contributed by atoms with E-state index < -0.39 is 12.0 Å². The zero-order valence-electron chi connectivity index (χ0n) is 11.2. The predicted molar refractivity (Wildman–Crippen MR) is 75.6 cm³/mol. The Kier molecular flexibility index (Phi) is 5.04. The lowest BCUT2D eigenvalue weighted by Gasteiger charge is -2.11. The fraction of sp³-hybridized carbons (Fsp3) is 0.308. The summed E-state index contributed by atoms with van der Waals surface area (Å²) in [6, 6.07) is 4.33. The second-order valence-electron chi connectivity index (χ2n) is 4.27. The molecule has 1 amide bonds. The molecule has 0 aliphatic heterocycles. The van der Waals surface area contributed by atoms with Gasteiger partial charge in [0.25, 0.3) is 0 Å². The molecule has 0 bridgehead atoms. The van der Waals surface area contributed by atoms with Crippen LogP contribution < -0.4 is 5.32 Å². The summed E-state index contributed by atoms with van der Waals surface area (Å²) in [7, 11) is 0. The molecule has 0 aliphatic carbocycles. The molecule has 0 unspecified atom stereocenters. The number of carboxylic acid groups (broad SMARTS) is 1. The molecule has 7 nitrogen and oxygen atoms in total. The lowest BCUT2D eigenvalue weighted by Crippen LogP contribution is -2.41. The summed E-state index contributed by atoms with van der Waals surface area (Å²) in [5.74, 6) is 0.400. The molecule has 2 aromatic rings. The Morgan fingerprint density at radius 1 is 1.48 bits per heavy atom. The van der Waals surface area contributed by atoms with Gasteiger partial charge in [-0.2, -0.15) is 11.8 Å². The van der Waals surface area contributed by atoms with Gasteiger partial charge in [0.15, 0.2) is 5.76 Å². The number of carbonyl (C=O) groups excluding carboxylic acids is 1. The molecule has 2 rings (SSSR count). The molecule has 112 valence electrons. The fourth-order valence-corrected chi connectivity index (χ4v) is 2.54. The summed E-state index contributed by atoms with van der Waals surface area (Å²) in [6.07, 6.45) is 1.54. The minimum Gasteiger partial charge on any atom is -0.480 e. The van der Waals surface area contributed by atoms with Gasteiger partial charge in [0, 0.05) is 24.5 Å². The van der Waals surface area contributed by atoms with E-state index in [9.17, 15) is 9.59 Å². The van der Waals surface area contributed by atoms with Crippen molar-refractivity contribution in [1.82, 2.24) is 10.5 Å². The maximum atomic E-state index is 11.0. The van der Waals surface area contributed by atoms with E-state index in [2.05, 4.69) is 10.5 Å². The topological polar surface area (TPSA) is 106 Å². The van der Waals surface area contributed by atoms with Crippen molar-refractivity contribution in [2.24, 2.45) is 0 Å². The Bertz CT molecular complexity index is 608. The normalized spacial score (nSPS) is 12.0. The second-order valence-corrected chi connectivity index (χ2v) is 5.30. The summed E-state index contributed by atoms with van der Waals surface area (Å²) in [5.41, 5.74) is 0.679. The van der Waals surface area contributed by atoms with E-state index in [-0.39, 0.29) is 11.7 Å². The maximum absolute atomic E-state index is 11.0. The van der Waals surface area contributed by atoms with Crippen LogP contribution in [0.15, 0.2) is 33.4 Å². The van der Waals surface area contributed by atoms with Crippen LogP contribution in [0.1, 0.15) is 12.6 Å². The number of amides is 1. The van der Waals surface area contributed by atoms with Gasteiger partial charge in [-0.15, -0.1) is 0 Å². The molecule has 8 heteroatoms. The highest BCUT2D eigenvalue weighted by atomic mass is 32.2. The summed E-state index contributed by atoms with van der Waals surface area (Å²) < 4.78 is 10.3. The number of furan rings is 1.